The van der Waals surface area contributed by atoms with Gasteiger partial charge in [0.1, 0.15) is 5.82 Å². The van der Waals surface area contributed by atoms with Gasteiger partial charge in [0.25, 0.3) is 0 Å². The van der Waals surface area contributed by atoms with Crippen LogP contribution in [0.15, 0.2) is 76.8 Å². The van der Waals surface area contributed by atoms with Crippen molar-refractivity contribution in [1.82, 2.24) is 19.5 Å². The molecule has 0 unspecified atom stereocenters. The summed E-state index contributed by atoms with van der Waals surface area (Å²) in [5.74, 6) is 0.494. The summed E-state index contributed by atoms with van der Waals surface area (Å²) in [4.78, 5) is 12.2. The number of aromatic nitrogens is 4. The Morgan fingerprint density at radius 2 is 2.00 bits per heavy atom. The molecule has 1 aromatic carbocycles. The van der Waals surface area contributed by atoms with Crippen LogP contribution < -0.4 is 5.32 Å². The number of hydrogen-bond donors (Lipinski definition) is 1. The minimum atomic E-state index is -0.407. The maximum Gasteiger partial charge on any atom is 0.234 e. The fraction of sp³-hybridized carbons (Fsp3) is 0.0556. The molecule has 0 fully saturated rings. The lowest BCUT2D eigenvalue weighted by Gasteiger charge is -2.10. The van der Waals surface area contributed by atoms with Gasteiger partial charge in [0, 0.05) is 18.1 Å². The molecule has 4 aromatic rings. The van der Waals surface area contributed by atoms with Crippen molar-refractivity contribution in [3.05, 3.63) is 73.0 Å². The third-order valence-electron chi connectivity index (χ3n) is 3.61. The van der Waals surface area contributed by atoms with Crippen molar-refractivity contribution in [2.24, 2.45) is 0 Å². The van der Waals surface area contributed by atoms with E-state index >= 15 is 0 Å². The van der Waals surface area contributed by atoms with Gasteiger partial charge in [-0.15, -0.1) is 10.2 Å². The molecule has 0 radical (unpaired) electrons. The van der Waals surface area contributed by atoms with E-state index in [1.165, 1.54) is 30.0 Å². The van der Waals surface area contributed by atoms with Gasteiger partial charge in [0.05, 0.1) is 12.0 Å². The number of furan rings is 1. The molecule has 3 aromatic heterocycles. The van der Waals surface area contributed by atoms with Crippen LogP contribution in [0.25, 0.3) is 11.6 Å². The highest BCUT2D eigenvalue weighted by Crippen LogP contribution is 2.24. The molecule has 3 heterocycles. The van der Waals surface area contributed by atoms with Crippen LogP contribution in [-0.4, -0.2) is 31.2 Å². The van der Waals surface area contributed by atoms with E-state index in [0.29, 0.717) is 22.4 Å². The summed E-state index contributed by atoms with van der Waals surface area (Å²) in [5, 5.41) is 11.5. The van der Waals surface area contributed by atoms with Crippen LogP contribution in [0.1, 0.15) is 0 Å². The third-order valence-corrected chi connectivity index (χ3v) is 4.53. The Morgan fingerprint density at radius 1 is 1.15 bits per heavy atom. The average Bonchev–Trinajstić information content (AvgIpc) is 3.39. The minimum absolute atomic E-state index is 0.0913. The van der Waals surface area contributed by atoms with Crippen LogP contribution in [0.4, 0.5) is 10.1 Å². The lowest BCUT2D eigenvalue weighted by Crippen LogP contribution is -2.15. The fourth-order valence-electron chi connectivity index (χ4n) is 2.48. The van der Waals surface area contributed by atoms with Gasteiger partial charge in [-0.05, 0) is 42.5 Å². The van der Waals surface area contributed by atoms with Gasteiger partial charge in [-0.25, -0.2) is 9.07 Å². The molecule has 1 amide bonds. The topological polar surface area (TPSA) is 77.9 Å². The number of rotatable bonds is 6. The van der Waals surface area contributed by atoms with Crippen LogP contribution in [0.5, 0.6) is 0 Å². The summed E-state index contributed by atoms with van der Waals surface area (Å²) >= 11 is 1.22. The SMILES string of the molecule is O=C(CSc1nnc(-c2ccco2)n1-n1cccc1)Nc1cccc(F)c1. The van der Waals surface area contributed by atoms with E-state index in [1.54, 1.807) is 33.8 Å². The van der Waals surface area contributed by atoms with Crippen molar-refractivity contribution in [2.45, 2.75) is 5.16 Å². The average molecular weight is 383 g/mol. The normalized spacial score (nSPS) is 10.9. The first-order chi connectivity index (χ1) is 13.2. The van der Waals surface area contributed by atoms with E-state index in [1.807, 2.05) is 24.5 Å². The molecule has 4 rings (SSSR count). The number of anilines is 1. The van der Waals surface area contributed by atoms with Crippen LogP contribution in [0.3, 0.4) is 0 Å². The predicted octanol–water partition coefficient (Wildman–Crippen LogP) is 3.52. The van der Waals surface area contributed by atoms with Crippen molar-refractivity contribution < 1.29 is 13.6 Å². The quantitative estimate of drug-likeness (QED) is 0.516. The Bertz CT molecular complexity index is 1040. The monoisotopic (exact) mass is 383 g/mol. The highest BCUT2D eigenvalue weighted by Gasteiger charge is 2.18. The maximum atomic E-state index is 13.2. The first-order valence-corrected chi connectivity index (χ1v) is 9.00. The fourth-order valence-corrected chi connectivity index (χ4v) is 3.21. The number of carbonyl (C=O) groups is 1. The molecule has 0 saturated heterocycles. The molecule has 1 N–H and O–H groups in total. The lowest BCUT2D eigenvalue weighted by molar-refractivity contribution is -0.113. The highest BCUT2D eigenvalue weighted by molar-refractivity contribution is 7.99. The van der Waals surface area contributed by atoms with Gasteiger partial charge >= 0.3 is 0 Å². The molecule has 0 bridgehead atoms. The Balaban J connectivity index is 1.53. The van der Waals surface area contributed by atoms with E-state index < -0.39 is 5.82 Å². The van der Waals surface area contributed by atoms with E-state index in [0.717, 1.165) is 0 Å². The predicted molar refractivity (Wildman–Crippen MR) is 98.7 cm³/mol. The second kappa shape index (κ2) is 7.50. The zero-order valence-electron chi connectivity index (χ0n) is 13.9. The van der Waals surface area contributed by atoms with Crippen LogP contribution in [0.2, 0.25) is 0 Å². The first-order valence-electron chi connectivity index (χ1n) is 8.02. The second-order valence-electron chi connectivity index (χ2n) is 5.51. The largest absolute Gasteiger partial charge is 0.461 e. The highest BCUT2D eigenvalue weighted by atomic mass is 32.2. The zero-order chi connectivity index (χ0) is 18.6. The number of nitrogens with one attached hydrogen (secondary N) is 1. The zero-order valence-corrected chi connectivity index (χ0v) is 14.8. The lowest BCUT2D eigenvalue weighted by atomic mass is 10.3. The third kappa shape index (κ3) is 3.77. The number of halogens is 1. The van der Waals surface area contributed by atoms with Crippen molar-refractivity contribution in [3.63, 3.8) is 0 Å². The molecule has 7 nitrogen and oxygen atoms in total. The summed E-state index contributed by atoms with van der Waals surface area (Å²) < 4.78 is 22.2. The molecule has 0 aliphatic carbocycles. The molecule has 0 aliphatic heterocycles. The standard InChI is InChI=1S/C18H14FN5O2S/c19-13-5-3-6-14(11-13)20-16(25)12-27-18-22-21-17(15-7-4-10-26-15)24(18)23-8-1-2-9-23/h1-11H,12H2,(H,20,25). The summed E-state index contributed by atoms with van der Waals surface area (Å²) in [7, 11) is 0. The molecule has 9 heteroatoms. The summed E-state index contributed by atoms with van der Waals surface area (Å²) in [5.41, 5.74) is 0.406. The van der Waals surface area contributed by atoms with Gasteiger partial charge in [-0.2, -0.15) is 0 Å². The molecular weight excluding hydrogens is 369 g/mol. The smallest absolute Gasteiger partial charge is 0.234 e. The van der Waals surface area contributed by atoms with Crippen LogP contribution >= 0.6 is 11.8 Å². The maximum absolute atomic E-state index is 13.2. The van der Waals surface area contributed by atoms with Gasteiger partial charge in [0.15, 0.2) is 5.76 Å². The molecule has 136 valence electrons. The van der Waals surface area contributed by atoms with Crippen LogP contribution in [-0.2, 0) is 4.79 Å². The summed E-state index contributed by atoms with van der Waals surface area (Å²) in [6.07, 6.45) is 5.24. The minimum Gasteiger partial charge on any atom is -0.461 e. The molecule has 0 aliphatic rings. The van der Waals surface area contributed by atoms with Crippen molar-refractivity contribution >= 4 is 23.4 Å². The number of carbonyl (C=O) groups excluding carboxylic acids is 1. The molecule has 0 saturated carbocycles. The van der Waals surface area contributed by atoms with Gasteiger partial charge < -0.3 is 9.73 Å². The van der Waals surface area contributed by atoms with Crippen molar-refractivity contribution in [2.75, 3.05) is 11.1 Å². The van der Waals surface area contributed by atoms with Crippen molar-refractivity contribution in [3.8, 4) is 11.6 Å². The van der Waals surface area contributed by atoms with Gasteiger partial charge in [-0.1, -0.05) is 17.8 Å². The number of nitrogens with zero attached hydrogens (tertiary/aromatic N) is 4. The van der Waals surface area contributed by atoms with E-state index in [9.17, 15) is 9.18 Å². The molecule has 0 atom stereocenters. The second-order valence-corrected chi connectivity index (χ2v) is 6.45. The number of hydrogen-bond acceptors (Lipinski definition) is 5. The molecule has 27 heavy (non-hydrogen) atoms. The summed E-state index contributed by atoms with van der Waals surface area (Å²) in [6, 6.07) is 13.0. The summed E-state index contributed by atoms with van der Waals surface area (Å²) in [6.45, 7) is 0. The number of amides is 1. The van der Waals surface area contributed by atoms with Crippen LogP contribution in [0, 0.1) is 5.82 Å². The Labute approximate surface area is 157 Å². The first kappa shape index (κ1) is 17.1. The van der Waals surface area contributed by atoms with Gasteiger partial charge in [0.2, 0.25) is 16.9 Å². The van der Waals surface area contributed by atoms with E-state index in [4.69, 9.17) is 4.42 Å². The number of thioether (sulfide) groups is 1. The molecule has 0 spiro atoms. The van der Waals surface area contributed by atoms with Crippen molar-refractivity contribution in [1.29, 1.82) is 0 Å². The Morgan fingerprint density at radius 3 is 2.74 bits per heavy atom. The van der Waals surface area contributed by atoms with E-state index in [2.05, 4.69) is 15.5 Å². The Kier molecular flexibility index (Phi) is 4.75. The van der Waals surface area contributed by atoms with Gasteiger partial charge in [-0.3, -0.25) is 9.47 Å². The Hall–Kier alpha value is -3.33. The van der Waals surface area contributed by atoms with E-state index in [-0.39, 0.29) is 11.7 Å². The molecular formula is C18H14FN5O2S. The number of benzene rings is 1.